The zero-order chi connectivity index (χ0) is 18.2. The largest absolute Gasteiger partial charge is 0.379 e. The average Bonchev–Trinajstić information content (AvgIpc) is 2.98. The molecule has 0 bridgehead atoms. The van der Waals surface area contributed by atoms with Crippen molar-refractivity contribution in [3.05, 3.63) is 53.6 Å². The molecule has 3 rings (SSSR count). The Morgan fingerprint density at radius 2 is 1.92 bits per heavy atom. The van der Waals surface area contributed by atoms with Crippen LogP contribution in [-0.2, 0) is 21.3 Å². The zero-order valence-electron chi connectivity index (χ0n) is 14.5. The summed E-state index contributed by atoms with van der Waals surface area (Å²) >= 11 is 0. The highest BCUT2D eigenvalue weighted by atomic mass is 32.2. The Morgan fingerprint density at radius 3 is 2.60 bits per heavy atom. The summed E-state index contributed by atoms with van der Waals surface area (Å²) in [6.45, 7) is 6.15. The van der Waals surface area contributed by atoms with Gasteiger partial charge in [0, 0.05) is 19.2 Å². The van der Waals surface area contributed by atoms with Gasteiger partial charge in [-0.25, -0.2) is 0 Å². The molecule has 0 fully saturated rings. The van der Waals surface area contributed by atoms with Gasteiger partial charge >= 0.3 is 10.1 Å². The molecule has 0 aromatic heterocycles. The zero-order valence-corrected chi connectivity index (χ0v) is 15.3. The number of hydrogen-bond donors (Lipinski definition) is 0. The molecule has 1 amide bonds. The molecule has 0 spiro atoms. The van der Waals surface area contributed by atoms with E-state index in [2.05, 4.69) is 0 Å². The van der Waals surface area contributed by atoms with Gasteiger partial charge in [-0.2, -0.15) is 8.42 Å². The number of benzene rings is 2. The molecule has 6 heteroatoms. The van der Waals surface area contributed by atoms with Crippen LogP contribution in [0, 0.1) is 0 Å². The topological polar surface area (TPSA) is 63.7 Å². The average molecular weight is 359 g/mol. The van der Waals surface area contributed by atoms with Gasteiger partial charge in [-0.3, -0.25) is 4.79 Å². The summed E-state index contributed by atoms with van der Waals surface area (Å²) in [5.41, 5.74) is 2.63. The fourth-order valence-electron chi connectivity index (χ4n) is 2.96. The van der Waals surface area contributed by atoms with E-state index in [1.165, 1.54) is 13.0 Å². The summed E-state index contributed by atoms with van der Waals surface area (Å²) in [5.74, 6) is 0.539. The minimum absolute atomic E-state index is 0.0453. The van der Waals surface area contributed by atoms with E-state index in [-0.39, 0.29) is 16.7 Å². The summed E-state index contributed by atoms with van der Waals surface area (Å²) in [6.07, 6.45) is 0.640. The number of anilines is 1. The van der Waals surface area contributed by atoms with E-state index >= 15 is 0 Å². The molecule has 0 atom stereocenters. The van der Waals surface area contributed by atoms with E-state index in [0.717, 1.165) is 16.8 Å². The van der Waals surface area contributed by atoms with Crippen LogP contribution in [0.15, 0.2) is 47.4 Å². The number of carbonyl (C=O) groups excluding carboxylic acids is 1. The second-order valence-electron chi connectivity index (χ2n) is 6.48. The molecule has 1 heterocycles. The Bertz CT molecular complexity index is 919. The first-order chi connectivity index (χ1) is 11.8. The van der Waals surface area contributed by atoms with E-state index in [1.807, 2.05) is 19.9 Å². The van der Waals surface area contributed by atoms with Crippen molar-refractivity contribution in [1.29, 1.82) is 0 Å². The second-order valence-corrected chi connectivity index (χ2v) is 8.02. The van der Waals surface area contributed by atoms with Gasteiger partial charge in [0.2, 0.25) is 5.91 Å². The summed E-state index contributed by atoms with van der Waals surface area (Å²) in [6, 6.07) is 11.9. The molecule has 5 nitrogen and oxygen atoms in total. The summed E-state index contributed by atoms with van der Waals surface area (Å²) < 4.78 is 30.5. The maximum absolute atomic E-state index is 12.6. The Balaban J connectivity index is 1.89. The van der Waals surface area contributed by atoms with Crippen LogP contribution in [0.1, 0.15) is 37.8 Å². The van der Waals surface area contributed by atoms with E-state index < -0.39 is 10.1 Å². The van der Waals surface area contributed by atoms with E-state index in [4.69, 9.17) is 4.18 Å². The SMILES string of the molecule is CC(=O)N1CCc2cc(S(=O)(=O)Oc3cccc(C(C)C)c3)ccc21. The third kappa shape index (κ3) is 3.54. The lowest BCUT2D eigenvalue weighted by molar-refractivity contribution is -0.116. The van der Waals surface area contributed by atoms with Crippen molar-refractivity contribution in [1.82, 2.24) is 0 Å². The van der Waals surface area contributed by atoms with Gasteiger partial charge < -0.3 is 9.08 Å². The predicted octanol–water partition coefficient (Wildman–Crippen LogP) is 3.49. The van der Waals surface area contributed by atoms with Crippen molar-refractivity contribution >= 4 is 21.7 Å². The third-order valence-corrected chi connectivity index (χ3v) is 5.59. The van der Waals surface area contributed by atoms with Gasteiger partial charge in [-0.1, -0.05) is 26.0 Å². The van der Waals surface area contributed by atoms with E-state index in [0.29, 0.717) is 18.7 Å². The molecule has 25 heavy (non-hydrogen) atoms. The van der Waals surface area contributed by atoms with Gasteiger partial charge in [-0.15, -0.1) is 0 Å². The molecular formula is C19H21NO4S. The molecule has 2 aromatic carbocycles. The molecule has 132 valence electrons. The molecule has 0 N–H and O–H groups in total. The summed E-state index contributed by atoms with van der Waals surface area (Å²) in [7, 11) is -3.92. The van der Waals surface area contributed by atoms with Crippen molar-refractivity contribution in [3.63, 3.8) is 0 Å². The number of fused-ring (bicyclic) bond motifs is 1. The second kappa shape index (κ2) is 6.52. The Labute approximate surface area is 148 Å². The van der Waals surface area contributed by atoms with Crippen molar-refractivity contribution in [2.45, 2.75) is 38.0 Å². The highest BCUT2D eigenvalue weighted by molar-refractivity contribution is 7.87. The van der Waals surface area contributed by atoms with Crippen LogP contribution in [0.4, 0.5) is 5.69 Å². The smallest absolute Gasteiger partial charge is 0.339 e. The molecule has 0 saturated carbocycles. The first kappa shape index (κ1) is 17.5. The lowest BCUT2D eigenvalue weighted by atomic mass is 10.0. The van der Waals surface area contributed by atoms with Gasteiger partial charge in [0.25, 0.3) is 0 Å². The molecule has 1 aliphatic heterocycles. The normalized spacial score (nSPS) is 13.8. The van der Waals surface area contributed by atoms with Gasteiger partial charge in [0.1, 0.15) is 10.6 Å². The molecule has 0 unspecified atom stereocenters. The number of hydrogen-bond acceptors (Lipinski definition) is 4. The number of rotatable bonds is 4. The summed E-state index contributed by atoms with van der Waals surface area (Å²) in [4.78, 5) is 13.4. The van der Waals surface area contributed by atoms with Crippen molar-refractivity contribution in [2.75, 3.05) is 11.4 Å². The quantitative estimate of drug-likeness (QED) is 0.784. The molecule has 2 aromatic rings. The van der Waals surface area contributed by atoms with Crippen LogP contribution < -0.4 is 9.08 Å². The van der Waals surface area contributed by atoms with Crippen molar-refractivity contribution in [3.8, 4) is 5.75 Å². The minimum Gasteiger partial charge on any atom is -0.379 e. The summed E-state index contributed by atoms with van der Waals surface area (Å²) in [5, 5.41) is 0. The molecule has 1 aliphatic rings. The highest BCUT2D eigenvalue weighted by Gasteiger charge is 2.25. The predicted molar refractivity (Wildman–Crippen MR) is 96.5 cm³/mol. The van der Waals surface area contributed by atoms with Crippen LogP contribution in [0.5, 0.6) is 5.75 Å². The van der Waals surface area contributed by atoms with E-state index in [9.17, 15) is 13.2 Å². The number of carbonyl (C=O) groups is 1. The highest BCUT2D eigenvalue weighted by Crippen LogP contribution is 2.31. The van der Waals surface area contributed by atoms with Gasteiger partial charge in [0.15, 0.2) is 0 Å². The van der Waals surface area contributed by atoms with Gasteiger partial charge in [-0.05, 0) is 53.8 Å². The fraction of sp³-hybridized carbons (Fsp3) is 0.316. The van der Waals surface area contributed by atoms with Crippen LogP contribution in [0.3, 0.4) is 0 Å². The molecule has 0 radical (unpaired) electrons. The van der Waals surface area contributed by atoms with Crippen molar-refractivity contribution in [2.24, 2.45) is 0 Å². The Kier molecular flexibility index (Phi) is 4.56. The monoisotopic (exact) mass is 359 g/mol. The van der Waals surface area contributed by atoms with E-state index in [1.54, 1.807) is 35.2 Å². The Hall–Kier alpha value is -2.34. The molecule has 0 aliphatic carbocycles. The number of amides is 1. The minimum atomic E-state index is -3.92. The molecular weight excluding hydrogens is 338 g/mol. The van der Waals surface area contributed by atoms with Crippen LogP contribution in [-0.4, -0.2) is 20.9 Å². The van der Waals surface area contributed by atoms with Crippen LogP contribution >= 0.6 is 0 Å². The number of nitrogens with zero attached hydrogens (tertiary/aromatic N) is 1. The molecule has 0 saturated heterocycles. The first-order valence-corrected chi connectivity index (χ1v) is 9.64. The maximum Gasteiger partial charge on any atom is 0.339 e. The fourth-order valence-corrected chi connectivity index (χ4v) is 3.94. The van der Waals surface area contributed by atoms with Crippen LogP contribution in [0.25, 0.3) is 0 Å². The third-order valence-electron chi connectivity index (χ3n) is 4.35. The van der Waals surface area contributed by atoms with Crippen molar-refractivity contribution < 1.29 is 17.4 Å². The standard InChI is InChI=1S/C19H21NO4S/c1-13(2)15-5-4-6-17(11-15)24-25(22,23)18-7-8-19-16(12-18)9-10-20(19)14(3)21/h4-8,11-13H,9-10H2,1-3H3. The lowest BCUT2D eigenvalue weighted by Gasteiger charge is -2.15. The Morgan fingerprint density at radius 1 is 1.16 bits per heavy atom. The van der Waals surface area contributed by atoms with Gasteiger partial charge in [0.05, 0.1) is 0 Å². The first-order valence-electron chi connectivity index (χ1n) is 8.23. The lowest BCUT2D eigenvalue weighted by Crippen LogP contribution is -2.25. The van der Waals surface area contributed by atoms with Crippen LogP contribution in [0.2, 0.25) is 0 Å². The maximum atomic E-state index is 12.6.